The summed E-state index contributed by atoms with van der Waals surface area (Å²) in [6.07, 6.45) is 3.44. The van der Waals surface area contributed by atoms with E-state index in [9.17, 15) is 14.7 Å². The van der Waals surface area contributed by atoms with E-state index in [0.717, 1.165) is 22.0 Å². The number of nitrogens with one attached hydrogen (secondary N) is 1. The van der Waals surface area contributed by atoms with Crippen molar-refractivity contribution >= 4 is 28.4 Å². The molecule has 1 aliphatic rings. The Labute approximate surface area is 127 Å². The number of rotatable bonds is 3. The Morgan fingerprint density at radius 1 is 1.27 bits per heavy atom. The minimum absolute atomic E-state index is 0.185. The maximum Gasteiger partial charge on any atom is 0.352 e. The predicted molar refractivity (Wildman–Crippen MR) is 82.9 cm³/mol. The number of carbonyl (C=O) groups is 2. The lowest BCUT2D eigenvalue weighted by atomic mass is 9.85. The van der Waals surface area contributed by atoms with Crippen LogP contribution in [0.1, 0.15) is 40.9 Å². The molecule has 1 unspecified atom stereocenters. The van der Waals surface area contributed by atoms with Gasteiger partial charge < -0.3 is 15.2 Å². The lowest BCUT2D eigenvalue weighted by Crippen LogP contribution is -2.16. The lowest BCUT2D eigenvalue weighted by molar-refractivity contribution is -0.141. The van der Waals surface area contributed by atoms with E-state index in [2.05, 4.69) is 4.98 Å². The van der Waals surface area contributed by atoms with Crippen LogP contribution in [0.5, 0.6) is 0 Å². The second-order valence-electron chi connectivity index (χ2n) is 5.72. The molecule has 22 heavy (non-hydrogen) atoms. The largest absolute Gasteiger partial charge is 0.481 e. The highest BCUT2D eigenvalue weighted by atomic mass is 16.4. The number of aromatic carboxylic acids is 1. The van der Waals surface area contributed by atoms with Crippen molar-refractivity contribution in [3.63, 3.8) is 0 Å². The van der Waals surface area contributed by atoms with Crippen molar-refractivity contribution in [2.45, 2.75) is 26.2 Å². The maximum absolute atomic E-state index is 11.6. The monoisotopic (exact) mass is 299 g/mol. The summed E-state index contributed by atoms with van der Waals surface area (Å²) in [6.45, 7) is 1.93. The molecule has 5 nitrogen and oxygen atoms in total. The molecule has 1 heterocycles. The summed E-state index contributed by atoms with van der Waals surface area (Å²) in [4.78, 5) is 25.6. The molecule has 1 aliphatic carbocycles. The van der Waals surface area contributed by atoms with Crippen molar-refractivity contribution in [1.82, 2.24) is 4.98 Å². The van der Waals surface area contributed by atoms with Gasteiger partial charge in [-0.1, -0.05) is 24.3 Å². The molecule has 0 amide bonds. The third kappa shape index (κ3) is 2.28. The van der Waals surface area contributed by atoms with Crippen LogP contribution in [0.4, 0.5) is 0 Å². The second kappa shape index (κ2) is 5.33. The van der Waals surface area contributed by atoms with Gasteiger partial charge in [-0.05, 0) is 37.3 Å². The molecule has 0 saturated heterocycles. The van der Waals surface area contributed by atoms with Gasteiger partial charge in [0.2, 0.25) is 0 Å². The van der Waals surface area contributed by atoms with Crippen molar-refractivity contribution in [3.8, 4) is 0 Å². The zero-order chi connectivity index (χ0) is 15.9. The number of aromatic nitrogens is 1. The van der Waals surface area contributed by atoms with Crippen LogP contribution < -0.4 is 0 Å². The first kappa shape index (κ1) is 14.4. The molecule has 114 valence electrons. The van der Waals surface area contributed by atoms with Crippen molar-refractivity contribution in [2.75, 3.05) is 0 Å². The molecule has 0 radical (unpaired) electrons. The average Bonchev–Trinajstić information content (AvgIpc) is 2.88. The van der Waals surface area contributed by atoms with E-state index in [1.807, 2.05) is 31.2 Å². The summed E-state index contributed by atoms with van der Waals surface area (Å²) in [5.41, 5.74) is 3.63. The number of hydrogen-bond donors (Lipinski definition) is 3. The van der Waals surface area contributed by atoms with E-state index in [1.165, 1.54) is 0 Å². The number of aryl methyl sites for hydroxylation is 1. The van der Waals surface area contributed by atoms with Crippen molar-refractivity contribution in [1.29, 1.82) is 0 Å². The second-order valence-corrected chi connectivity index (χ2v) is 5.72. The molecule has 0 aliphatic heterocycles. The molecule has 0 fully saturated rings. The Kier molecular flexibility index (Phi) is 3.48. The van der Waals surface area contributed by atoms with Crippen LogP contribution in [0.3, 0.4) is 0 Å². The molecule has 0 saturated carbocycles. The molecule has 3 N–H and O–H groups in total. The number of H-pyrrole nitrogens is 1. The fourth-order valence-corrected chi connectivity index (χ4v) is 3.14. The van der Waals surface area contributed by atoms with Gasteiger partial charge in [0.05, 0.1) is 5.92 Å². The number of fused-ring (bicyclic) bond motifs is 1. The van der Waals surface area contributed by atoms with Gasteiger partial charge in [0, 0.05) is 16.5 Å². The number of carboxylic acid groups (broad SMARTS) is 2. The molecule has 1 aromatic carbocycles. The molecule has 2 aromatic rings. The van der Waals surface area contributed by atoms with E-state index < -0.39 is 11.9 Å². The normalized spacial score (nSPS) is 18.2. The highest BCUT2D eigenvalue weighted by Gasteiger charge is 2.26. The molecule has 5 heteroatoms. The SMILES string of the molecule is Cc1cccc2c(C3=CCC(C(=O)O)CC3)c(C(=O)O)[nH]c12. The van der Waals surface area contributed by atoms with Crippen LogP contribution in [-0.2, 0) is 4.79 Å². The van der Waals surface area contributed by atoms with E-state index in [0.29, 0.717) is 24.8 Å². The van der Waals surface area contributed by atoms with Crippen LogP contribution >= 0.6 is 0 Å². The van der Waals surface area contributed by atoms with Gasteiger partial charge in [0.25, 0.3) is 0 Å². The zero-order valence-electron chi connectivity index (χ0n) is 12.2. The highest BCUT2D eigenvalue weighted by molar-refractivity contribution is 6.05. The number of hydrogen-bond acceptors (Lipinski definition) is 2. The zero-order valence-corrected chi connectivity index (χ0v) is 12.2. The summed E-state index contributed by atoms with van der Waals surface area (Å²) < 4.78 is 0. The Hall–Kier alpha value is -2.56. The van der Waals surface area contributed by atoms with E-state index >= 15 is 0 Å². The number of allylic oxidation sites excluding steroid dienone is 2. The molecule has 3 rings (SSSR count). The molecular formula is C17H17NO4. The van der Waals surface area contributed by atoms with Crippen molar-refractivity contribution < 1.29 is 19.8 Å². The van der Waals surface area contributed by atoms with Crippen LogP contribution in [-0.4, -0.2) is 27.1 Å². The smallest absolute Gasteiger partial charge is 0.352 e. The van der Waals surface area contributed by atoms with Gasteiger partial charge >= 0.3 is 11.9 Å². The first-order valence-corrected chi connectivity index (χ1v) is 7.26. The van der Waals surface area contributed by atoms with Crippen LogP contribution in [0.25, 0.3) is 16.5 Å². The fourth-order valence-electron chi connectivity index (χ4n) is 3.14. The summed E-state index contributed by atoms with van der Waals surface area (Å²) in [6, 6.07) is 5.75. The quantitative estimate of drug-likeness (QED) is 0.809. The van der Waals surface area contributed by atoms with Gasteiger partial charge in [0.1, 0.15) is 5.69 Å². The molecule has 0 spiro atoms. The minimum atomic E-state index is -0.994. The molecule has 1 aromatic heterocycles. The van der Waals surface area contributed by atoms with Gasteiger partial charge in [-0.25, -0.2) is 4.79 Å². The van der Waals surface area contributed by atoms with Crippen LogP contribution in [0.2, 0.25) is 0 Å². The first-order chi connectivity index (χ1) is 10.5. The summed E-state index contributed by atoms with van der Waals surface area (Å²) in [7, 11) is 0. The first-order valence-electron chi connectivity index (χ1n) is 7.26. The summed E-state index contributed by atoms with van der Waals surface area (Å²) in [5.74, 6) is -2.15. The van der Waals surface area contributed by atoms with Crippen LogP contribution in [0, 0.1) is 12.8 Å². The maximum atomic E-state index is 11.6. The third-order valence-electron chi connectivity index (χ3n) is 4.34. The van der Waals surface area contributed by atoms with Crippen molar-refractivity contribution in [2.24, 2.45) is 5.92 Å². The fraction of sp³-hybridized carbons (Fsp3) is 0.294. The van der Waals surface area contributed by atoms with E-state index in [4.69, 9.17) is 5.11 Å². The Balaban J connectivity index is 2.14. The van der Waals surface area contributed by atoms with E-state index in [1.54, 1.807) is 0 Å². The Morgan fingerprint density at radius 3 is 2.64 bits per heavy atom. The highest BCUT2D eigenvalue weighted by Crippen LogP contribution is 2.37. The van der Waals surface area contributed by atoms with Gasteiger partial charge in [-0.15, -0.1) is 0 Å². The topological polar surface area (TPSA) is 90.4 Å². The summed E-state index contributed by atoms with van der Waals surface area (Å²) in [5, 5.41) is 19.4. The van der Waals surface area contributed by atoms with E-state index in [-0.39, 0.29) is 11.6 Å². The lowest BCUT2D eigenvalue weighted by Gasteiger charge is -2.19. The number of carboxylic acids is 2. The molecule has 1 atom stereocenters. The number of para-hydroxylation sites is 1. The average molecular weight is 299 g/mol. The van der Waals surface area contributed by atoms with Crippen LogP contribution in [0.15, 0.2) is 24.3 Å². The molecule has 0 bridgehead atoms. The third-order valence-corrected chi connectivity index (χ3v) is 4.34. The Bertz CT molecular complexity index is 800. The standard InChI is InChI=1S/C17H17NO4/c1-9-3-2-4-12-13(15(17(21)22)18-14(9)12)10-5-7-11(8-6-10)16(19)20/h2-5,11,18H,6-8H2,1H3,(H,19,20)(H,21,22). The van der Waals surface area contributed by atoms with Gasteiger partial charge in [0.15, 0.2) is 0 Å². The number of aromatic amines is 1. The minimum Gasteiger partial charge on any atom is -0.481 e. The Morgan fingerprint density at radius 2 is 2.05 bits per heavy atom. The van der Waals surface area contributed by atoms with Crippen molar-refractivity contribution in [3.05, 3.63) is 41.1 Å². The number of aliphatic carboxylic acids is 1. The number of benzene rings is 1. The van der Waals surface area contributed by atoms with Gasteiger partial charge in [-0.2, -0.15) is 0 Å². The van der Waals surface area contributed by atoms with Gasteiger partial charge in [-0.3, -0.25) is 4.79 Å². The predicted octanol–water partition coefficient (Wildman–Crippen LogP) is 3.44. The summed E-state index contributed by atoms with van der Waals surface area (Å²) >= 11 is 0. The molecular weight excluding hydrogens is 282 g/mol.